The zero-order valence-corrected chi connectivity index (χ0v) is 22.8. The average Bonchev–Trinajstić information content (AvgIpc) is 3.45. The first kappa shape index (κ1) is 27.5. The Balaban J connectivity index is 1.49. The Hall–Kier alpha value is -2.58. The number of ether oxygens (including phenoxy) is 4. The maximum Gasteiger partial charge on any atom is 0.243 e. The van der Waals surface area contributed by atoms with Gasteiger partial charge < -0.3 is 23.8 Å². The molecule has 0 aromatic heterocycles. The maximum absolute atomic E-state index is 13.3. The average molecular weight is 556 g/mol. The fourth-order valence-electron chi connectivity index (χ4n) is 4.47. The molecule has 2 fully saturated rings. The molecule has 204 valence electrons. The number of hydrogen-bond donors (Lipinski definition) is 1. The summed E-state index contributed by atoms with van der Waals surface area (Å²) in [5.41, 5.74) is 0.589. The molecular formula is C24H33N3O8S2. The molecule has 2 aliphatic rings. The van der Waals surface area contributed by atoms with Gasteiger partial charge in [-0.1, -0.05) is 0 Å². The summed E-state index contributed by atoms with van der Waals surface area (Å²) in [6, 6.07) is 9.17. The number of hydrogen-bond acceptors (Lipinski definition) is 9. The second-order valence-electron chi connectivity index (χ2n) is 8.73. The van der Waals surface area contributed by atoms with Crippen molar-refractivity contribution in [3.8, 4) is 17.2 Å². The van der Waals surface area contributed by atoms with Gasteiger partial charge in [0.15, 0.2) is 11.5 Å². The molecule has 2 saturated heterocycles. The molecule has 1 unspecified atom stereocenters. The van der Waals surface area contributed by atoms with Gasteiger partial charge in [0.05, 0.1) is 42.9 Å². The van der Waals surface area contributed by atoms with Crippen LogP contribution in [0.1, 0.15) is 12.8 Å². The van der Waals surface area contributed by atoms with Gasteiger partial charge in [-0.15, -0.1) is 0 Å². The minimum Gasteiger partial charge on any atom is -0.495 e. The van der Waals surface area contributed by atoms with E-state index in [-0.39, 0.29) is 35.5 Å². The number of nitrogens with zero attached hydrogens (tertiary/aromatic N) is 2. The van der Waals surface area contributed by atoms with Crippen molar-refractivity contribution in [2.24, 2.45) is 0 Å². The molecule has 2 aliphatic heterocycles. The van der Waals surface area contributed by atoms with Gasteiger partial charge in [0.25, 0.3) is 0 Å². The quantitative estimate of drug-likeness (QED) is 0.466. The summed E-state index contributed by atoms with van der Waals surface area (Å²) in [5.74, 6) is 1.28. The second kappa shape index (κ2) is 11.4. The van der Waals surface area contributed by atoms with E-state index in [1.54, 1.807) is 18.2 Å². The summed E-state index contributed by atoms with van der Waals surface area (Å²) in [5, 5.41) is 0. The van der Waals surface area contributed by atoms with Crippen LogP contribution in [-0.4, -0.2) is 87.9 Å². The molecular weight excluding hydrogens is 522 g/mol. The standard InChI is InChI=1S/C24H33N3O8S2/c1-32-22-8-6-19(36(28,29)25-17-18-5-4-14-35-18)15-21(22)26-10-12-27(13-11-26)37(30,31)20-7-9-23(33-2)24(16-20)34-3/h6-9,15-16,18,25H,4-5,10-14,17H2,1-3H3. The minimum absolute atomic E-state index is 0.113. The van der Waals surface area contributed by atoms with Crippen molar-refractivity contribution in [2.45, 2.75) is 28.7 Å². The molecule has 1 atom stereocenters. The smallest absolute Gasteiger partial charge is 0.243 e. The molecule has 0 bridgehead atoms. The van der Waals surface area contributed by atoms with E-state index in [9.17, 15) is 16.8 Å². The van der Waals surface area contributed by atoms with E-state index < -0.39 is 20.0 Å². The lowest BCUT2D eigenvalue weighted by Crippen LogP contribution is -2.48. The zero-order chi connectivity index (χ0) is 26.6. The van der Waals surface area contributed by atoms with Crippen LogP contribution in [0.4, 0.5) is 5.69 Å². The Labute approximate surface area is 218 Å². The minimum atomic E-state index is -3.77. The van der Waals surface area contributed by atoms with E-state index >= 15 is 0 Å². The van der Waals surface area contributed by atoms with Crippen LogP contribution in [0, 0.1) is 0 Å². The van der Waals surface area contributed by atoms with Crippen molar-refractivity contribution in [1.29, 1.82) is 0 Å². The number of rotatable bonds is 10. The first-order valence-corrected chi connectivity index (χ1v) is 14.9. The fourth-order valence-corrected chi connectivity index (χ4v) is 6.99. The van der Waals surface area contributed by atoms with Gasteiger partial charge in [0.1, 0.15) is 5.75 Å². The lowest BCUT2D eigenvalue weighted by atomic mass is 10.2. The van der Waals surface area contributed by atoms with E-state index in [2.05, 4.69) is 4.72 Å². The largest absolute Gasteiger partial charge is 0.495 e. The Morgan fingerprint density at radius 1 is 0.865 bits per heavy atom. The lowest BCUT2D eigenvalue weighted by molar-refractivity contribution is 0.114. The highest BCUT2D eigenvalue weighted by Crippen LogP contribution is 2.34. The van der Waals surface area contributed by atoms with Gasteiger partial charge >= 0.3 is 0 Å². The summed E-state index contributed by atoms with van der Waals surface area (Å²) in [7, 11) is -3.07. The number of piperazine rings is 1. The monoisotopic (exact) mass is 555 g/mol. The summed E-state index contributed by atoms with van der Waals surface area (Å²) >= 11 is 0. The number of sulfonamides is 2. The molecule has 0 saturated carbocycles. The maximum atomic E-state index is 13.3. The van der Waals surface area contributed by atoms with Crippen molar-refractivity contribution in [3.05, 3.63) is 36.4 Å². The highest BCUT2D eigenvalue weighted by Gasteiger charge is 2.31. The van der Waals surface area contributed by atoms with Gasteiger partial charge in [-0.3, -0.25) is 0 Å². The van der Waals surface area contributed by atoms with Gasteiger partial charge in [0.2, 0.25) is 20.0 Å². The predicted molar refractivity (Wildman–Crippen MR) is 138 cm³/mol. The third-order valence-corrected chi connectivity index (χ3v) is 9.87. The van der Waals surface area contributed by atoms with Gasteiger partial charge in [-0.2, -0.15) is 4.31 Å². The van der Waals surface area contributed by atoms with Crippen LogP contribution in [0.25, 0.3) is 0 Å². The van der Waals surface area contributed by atoms with Crippen molar-refractivity contribution in [2.75, 3.05) is 65.6 Å². The number of anilines is 1. The summed E-state index contributed by atoms with van der Waals surface area (Å²) < 4.78 is 77.9. The van der Waals surface area contributed by atoms with Crippen LogP contribution < -0.4 is 23.8 Å². The molecule has 13 heteroatoms. The third kappa shape index (κ3) is 5.96. The summed E-state index contributed by atoms with van der Waals surface area (Å²) in [6.45, 7) is 2.01. The molecule has 37 heavy (non-hydrogen) atoms. The normalized spacial score (nSPS) is 19.1. The van der Waals surface area contributed by atoms with Crippen molar-refractivity contribution >= 4 is 25.7 Å². The molecule has 1 N–H and O–H groups in total. The molecule has 0 amide bonds. The lowest BCUT2D eigenvalue weighted by Gasteiger charge is -2.36. The van der Waals surface area contributed by atoms with Crippen LogP contribution in [0.5, 0.6) is 17.2 Å². The molecule has 2 aromatic rings. The molecule has 2 aromatic carbocycles. The predicted octanol–water partition coefficient (Wildman–Crippen LogP) is 1.68. The number of methoxy groups -OCH3 is 3. The molecule has 4 rings (SSSR count). The van der Waals surface area contributed by atoms with E-state index in [0.29, 0.717) is 42.6 Å². The van der Waals surface area contributed by atoms with Gasteiger partial charge in [0, 0.05) is 45.4 Å². The number of nitrogens with one attached hydrogen (secondary N) is 1. The topological polar surface area (TPSA) is 124 Å². The Bertz CT molecular complexity index is 1300. The van der Waals surface area contributed by atoms with Gasteiger partial charge in [-0.25, -0.2) is 21.6 Å². The highest BCUT2D eigenvalue weighted by molar-refractivity contribution is 7.89. The van der Waals surface area contributed by atoms with Crippen molar-refractivity contribution < 1.29 is 35.8 Å². The SMILES string of the molecule is COc1ccc(S(=O)(=O)N2CCN(c3cc(S(=O)(=O)NCC4CCCO4)ccc3OC)CC2)cc1OC. The van der Waals surface area contributed by atoms with E-state index in [0.717, 1.165) is 12.8 Å². The molecule has 11 nitrogen and oxygen atoms in total. The van der Waals surface area contributed by atoms with Gasteiger partial charge in [-0.05, 0) is 43.2 Å². The fraction of sp³-hybridized carbons (Fsp3) is 0.500. The van der Waals surface area contributed by atoms with Crippen LogP contribution >= 0.6 is 0 Å². The molecule has 0 aliphatic carbocycles. The Morgan fingerprint density at radius 2 is 1.51 bits per heavy atom. The molecule has 0 radical (unpaired) electrons. The number of benzene rings is 2. The third-order valence-electron chi connectivity index (χ3n) is 6.56. The Kier molecular flexibility index (Phi) is 8.49. The first-order chi connectivity index (χ1) is 17.7. The van der Waals surface area contributed by atoms with E-state index in [4.69, 9.17) is 18.9 Å². The molecule has 0 spiro atoms. The zero-order valence-electron chi connectivity index (χ0n) is 21.2. The Morgan fingerprint density at radius 3 is 2.14 bits per heavy atom. The first-order valence-electron chi connectivity index (χ1n) is 12.0. The van der Waals surface area contributed by atoms with Crippen LogP contribution in [0.2, 0.25) is 0 Å². The van der Waals surface area contributed by atoms with Crippen molar-refractivity contribution in [1.82, 2.24) is 9.03 Å². The van der Waals surface area contributed by atoms with Crippen LogP contribution in [0.3, 0.4) is 0 Å². The van der Waals surface area contributed by atoms with E-state index in [1.807, 2.05) is 4.90 Å². The van der Waals surface area contributed by atoms with E-state index in [1.165, 1.54) is 43.8 Å². The summed E-state index contributed by atoms with van der Waals surface area (Å²) in [4.78, 5) is 2.15. The van der Waals surface area contributed by atoms with Crippen molar-refractivity contribution in [3.63, 3.8) is 0 Å². The van der Waals surface area contributed by atoms with Crippen LogP contribution in [-0.2, 0) is 24.8 Å². The van der Waals surface area contributed by atoms with Crippen LogP contribution in [0.15, 0.2) is 46.2 Å². The highest BCUT2D eigenvalue weighted by atomic mass is 32.2. The summed E-state index contributed by atoms with van der Waals surface area (Å²) in [6.07, 6.45) is 1.63. The second-order valence-corrected chi connectivity index (χ2v) is 12.4. The molecule has 2 heterocycles.